The predicted octanol–water partition coefficient (Wildman–Crippen LogP) is 2.77. The fourth-order valence-electron chi connectivity index (χ4n) is 1.82. The topological polar surface area (TPSA) is 50.4 Å². The molecule has 0 aliphatic heterocycles. The standard InChI is InChI=1S/C15H23BrN2O2/c1-10(2)18-9-12-8-13(16)7-11(3)15(12)20-6-5-14(19)17-4/h7-8,10,18H,5-6,9H2,1-4H3,(H,17,19). The van der Waals surface area contributed by atoms with Gasteiger partial charge in [0.1, 0.15) is 5.75 Å². The molecule has 2 N–H and O–H groups in total. The van der Waals surface area contributed by atoms with Crippen molar-refractivity contribution in [2.24, 2.45) is 0 Å². The Labute approximate surface area is 129 Å². The average Bonchev–Trinajstić information content (AvgIpc) is 2.38. The van der Waals surface area contributed by atoms with Gasteiger partial charge in [-0.2, -0.15) is 0 Å². The lowest BCUT2D eigenvalue weighted by molar-refractivity contribution is -0.121. The number of aryl methyl sites for hydroxylation is 1. The third-order valence-electron chi connectivity index (χ3n) is 2.87. The van der Waals surface area contributed by atoms with Gasteiger partial charge in [-0.1, -0.05) is 29.8 Å². The zero-order chi connectivity index (χ0) is 15.1. The molecule has 0 spiro atoms. The first-order valence-electron chi connectivity index (χ1n) is 6.79. The molecule has 1 aromatic carbocycles. The number of nitrogens with one attached hydrogen (secondary N) is 2. The Hall–Kier alpha value is -1.07. The molecule has 1 amide bonds. The number of benzene rings is 1. The third-order valence-corrected chi connectivity index (χ3v) is 3.33. The first kappa shape index (κ1) is 17.0. The number of carbonyl (C=O) groups excluding carboxylic acids is 1. The molecule has 112 valence electrons. The summed E-state index contributed by atoms with van der Waals surface area (Å²) >= 11 is 3.51. The smallest absolute Gasteiger partial charge is 0.223 e. The quantitative estimate of drug-likeness (QED) is 0.800. The van der Waals surface area contributed by atoms with Gasteiger partial charge in [-0.3, -0.25) is 4.79 Å². The molecule has 0 aromatic heterocycles. The molecular formula is C15H23BrN2O2. The number of rotatable bonds is 7. The number of hydrogen-bond acceptors (Lipinski definition) is 3. The van der Waals surface area contributed by atoms with E-state index in [-0.39, 0.29) is 5.91 Å². The van der Waals surface area contributed by atoms with Crippen LogP contribution in [0.3, 0.4) is 0 Å². The van der Waals surface area contributed by atoms with E-state index in [1.54, 1.807) is 7.05 Å². The first-order valence-corrected chi connectivity index (χ1v) is 7.59. The van der Waals surface area contributed by atoms with Gasteiger partial charge in [0, 0.05) is 29.7 Å². The molecule has 0 saturated heterocycles. The SMILES string of the molecule is CNC(=O)CCOc1c(C)cc(Br)cc1CNC(C)C. The molecule has 0 unspecified atom stereocenters. The van der Waals surface area contributed by atoms with Gasteiger partial charge in [-0.25, -0.2) is 0 Å². The zero-order valence-electron chi connectivity index (χ0n) is 12.5. The Morgan fingerprint density at radius 3 is 2.70 bits per heavy atom. The molecule has 1 rings (SSSR count). The number of ether oxygens (including phenoxy) is 1. The van der Waals surface area contributed by atoms with Crippen LogP contribution in [0.5, 0.6) is 5.75 Å². The Bertz CT molecular complexity index is 461. The van der Waals surface area contributed by atoms with E-state index >= 15 is 0 Å². The highest BCUT2D eigenvalue weighted by atomic mass is 79.9. The van der Waals surface area contributed by atoms with Gasteiger partial charge in [-0.05, 0) is 24.6 Å². The van der Waals surface area contributed by atoms with E-state index in [1.807, 2.05) is 13.0 Å². The van der Waals surface area contributed by atoms with E-state index in [9.17, 15) is 4.79 Å². The number of halogens is 1. The van der Waals surface area contributed by atoms with Crippen molar-refractivity contribution in [3.05, 3.63) is 27.7 Å². The van der Waals surface area contributed by atoms with Crippen LogP contribution in [-0.2, 0) is 11.3 Å². The molecule has 0 bridgehead atoms. The van der Waals surface area contributed by atoms with Gasteiger partial charge in [0.2, 0.25) is 5.91 Å². The first-order chi connectivity index (χ1) is 9.43. The van der Waals surface area contributed by atoms with Crippen LogP contribution >= 0.6 is 15.9 Å². The molecule has 0 radical (unpaired) electrons. The summed E-state index contributed by atoms with van der Waals surface area (Å²) in [5.41, 5.74) is 2.17. The third kappa shape index (κ3) is 5.51. The Balaban J connectivity index is 2.78. The van der Waals surface area contributed by atoms with Crippen LogP contribution < -0.4 is 15.4 Å². The van der Waals surface area contributed by atoms with Crippen LogP contribution in [0.1, 0.15) is 31.4 Å². The lowest BCUT2D eigenvalue weighted by atomic mass is 10.1. The second-order valence-corrected chi connectivity index (χ2v) is 5.93. The summed E-state index contributed by atoms with van der Waals surface area (Å²) in [7, 11) is 1.63. The van der Waals surface area contributed by atoms with E-state index in [1.165, 1.54) is 0 Å². The molecule has 0 aliphatic carbocycles. The van der Waals surface area contributed by atoms with Crippen LogP contribution in [0.15, 0.2) is 16.6 Å². The average molecular weight is 343 g/mol. The van der Waals surface area contributed by atoms with Crippen molar-refractivity contribution < 1.29 is 9.53 Å². The van der Waals surface area contributed by atoms with Crippen LogP contribution in [-0.4, -0.2) is 25.6 Å². The summed E-state index contributed by atoms with van der Waals surface area (Å²) < 4.78 is 6.84. The number of hydrogen-bond donors (Lipinski definition) is 2. The molecule has 0 atom stereocenters. The Kier molecular flexibility index (Phi) is 7.02. The highest BCUT2D eigenvalue weighted by molar-refractivity contribution is 9.10. The summed E-state index contributed by atoms with van der Waals surface area (Å²) in [5.74, 6) is 0.854. The van der Waals surface area contributed by atoms with E-state index < -0.39 is 0 Å². The molecule has 0 aliphatic rings. The van der Waals surface area contributed by atoms with Gasteiger partial charge >= 0.3 is 0 Å². The monoisotopic (exact) mass is 342 g/mol. The van der Waals surface area contributed by atoms with Crippen molar-refractivity contribution in [3.63, 3.8) is 0 Å². The minimum Gasteiger partial charge on any atom is -0.492 e. The van der Waals surface area contributed by atoms with Gasteiger partial charge in [0.25, 0.3) is 0 Å². The van der Waals surface area contributed by atoms with Crippen LogP contribution in [0.2, 0.25) is 0 Å². The number of amides is 1. The van der Waals surface area contributed by atoms with Gasteiger partial charge in [0.15, 0.2) is 0 Å². The second-order valence-electron chi connectivity index (χ2n) is 5.02. The lowest BCUT2D eigenvalue weighted by Gasteiger charge is -2.16. The van der Waals surface area contributed by atoms with Crippen molar-refractivity contribution in [2.45, 2.75) is 39.8 Å². The molecule has 20 heavy (non-hydrogen) atoms. The molecule has 0 heterocycles. The van der Waals surface area contributed by atoms with Crippen LogP contribution in [0.25, 0.3) is 0 Å². The summed E-state index contributed by atoms with van der Waals surface area (Å²) in [6, 6.07) is 4.49. The lowest BCUT2D eigenvalue weighted by Crippen LogP contribution is -2.23. The molecule has 0 saturated carbocycles. The normalized spacial score (nSPS) is 10.7. The molecule has 5 heteroatoms. The summed E-state index contributed by atoms with van der Waals surface area (Å²) in [6.45, 7) is 7.36. The Morgan fingerprint density at radius 1 is 1.40 bits per heavy atom. The minimum absolute atomic E-state index is 0.0124. The van der Waals surface area contributed by atoms with Crippen molar-refractivity contribution in [1.82, 2.24) is 10.6 Å². The summed E-state index contributed by atoms with van der Waals surface area (Å²) in [5, 5.41) is 5.98. The molecule has 1 aromatic rings. The van der Waals surface area contributed by atoms with Crippen LogP contribution in [0.4, 0.5) is 0 Å². The van der Waals surface area contributed by atoms with Crippen molar-refractivity contribution in [1.29, 1.82) is 0 Å². The Morgan fingerprint density at radius 2 is 2.10 bits per heavy atom. The highest BCUT2D eigenvalue weighted by Crippen LogP contribution is 2.28. The molecular weight excluding hydrogens is 320 g/mol. The predicted molar refractivity (Wildman–Crippen MR) is 85.0 cm³/mol. The maximum Gasteiger partial charge on any atom is 0.223 e. The fraction of sp³-hybridized carbons (Fsp3) is 0.533. The van der Waals surface area contributed by atoms with Gasteiger partial charge in [0.05, 0.1) is 13.0 Å². The van der Waals surface area contributed by atoms with E-state index in [0.717, 1.165) is 27.9 Å². The maximum atomic E-state index is 11.2. The van der Waals surface area contributed by atoms with Crippen LogP contribution in [0, 0.1) is 6.92 Å². The molecule has 4 nitrogen and oxygen atoms in total. The van der Waals surface area contributed by atoms with Gasteiger partial charge < -0.3 is 15.4 Å². The van der Waals surface area contributed by atoms with Gasteiger partial charge in [-0.15, -0.1) is 0 Å². The van der Waals surface area contributed by atoms with Crippen molar-refractivity contribution >= 4 is 21.8 Å². The highest BCUT2D eigenvalue weighted by Gasteiger charge is 2.10. The zero-order valence-corrected chi connectivity index (χ0v) is 14.1. The fourth-order valence-corrected chi connectivity index (χ4v) is 2.44. The summed E-state index contributed by atoms with van der Waals surface area (Å²) in [6.07, 6.45) is 0.364. The largest absolute Gasteiger partial charge is 0.492 e. The molecule has 0 fully saturated rings. The number of carbonyl (C=O) groups is 1. The maximum absolute atomic E-state index is 11.2. The van der Waals surface area contributed by atoms with E-state index in [0.29, 0.717) is 19.1 Å². The van der Waals surface area contributed by atoms with Crippen molar-refractivity contribution in [3.8, 4) is 5.75 Å². The van der Waals surface area contributed by atoms with E-state index in [4.69, 9.17) is 4.74 Å². The second kappa shape index (κ2) is 8.27. The minimum atomic E-state index is -0.0124. The van der Waals surface area contributed by atoms with Crippen molar-refractivity contribution in [2.75, 3.05) is 13.7 Å². The summed E-state index contributed by atoms with van der Waals surface area (Å²) in [4.78, 5) is 11.2. The van der Waals surface area contributed by atoms with E-state index in [2.05, 4.69) is 46.5 Å².